The van der Waals surface area contributed by atoms with Crippen molar-refractivity contribution in [1.29, 1.82) is 0 Å². The van der Waals surface area contributed by atoms with Crippen molar-refractivity contribution >= 4 is 23.6 Å². The number of amides is 1. The molecule has 0 aromatic heterocycles. The van der Waals surface area contributed by atoms with Crippen LogP contribution in [0.1, 0.15) is 39.0 Å². The van der Waals surface area contributed by atoms with Crippen molar-refractivity contribution in [2.75, 3.05) is 18.8 Å². The Morgan fingerprint density at radius 1 is 1.37 bits per heavy atom. The summed E-state index contributed by atoms with van der Waals surface area (Å²) in [5.74, 6) is 1.16. The van der Waals surface area contributed by atoms with Crippen LogP contribution >= 0.6 is 11.8 Å². The Kier molecular flexibility index (Phi) is 5.13. The predicted molar refractivity (Wildman–Crippen MR) is 76.2 cm³/mol. The molecule has 19 heavy (non-hydrogen) atoms. The summed E-state index contributed by atoms with van der Waals surface area (Å²) in [5, 5.41) is 9.04. The molecule has 1 amide bonds. The van der Waals surface area contributed by atoms with Gasteiger partial charge in [0.15, 0.2) is 0 Å². The highest BCUT2D eigenvalue weighted by molar-refractivity contribution is 8.00. The number of hydrogen-bond donors (Lipinski definition) is 1. The molecule has 2 fully saturated rings. The molecule has 0 aliphatic carbocycles. The third-order valence-corrected chi connectivity index (χ3v) is 5.64. The zero-order valence-electron chi connectivity index (χ0n) is 11.5. The van der Waals surface area contributed by atoms with Gasteiger partial charge in [-0.25, -0.2) is 0 Å². The largest absolute Gasteiger partial charge is 0.481 e. The lowest BCUT2D eigenvalue weighted by Crippen LogP contribution is -2.45. The maximum Gasteiger partial charge on any atom is 0.303 e. The van der Waals surface area contributed by atoms with Crippen LogP contribution in [0.2, 0.25) is 0 Å². The highest BCUT2D eigenvalue weighted by Gasteiger charge is 2.33. The zero-order valence-corrected chi connectivity index (χ0v) is 12.3. The van der Waals surface area contributed by atoms with Gasteiger partial charge in [0.25, 0.3) is 0 Å². The zero-order chi connectivity index (χ0) is 13.8. The van der Waals surface area contributed by atoms with Crippen molar-refractivity contribution in [2.45, 2.75) is 44.3 Å². The first-order valence-corrected chi connectivity index (χ1v) is 8.25. The summed E-state index contributed by atoms with van der Waals surface area (Å²) in [5.41, 5.74) is 0. The molecule has 0 radical (unpaired) electrons. The van der Waals surface area contributed by atoms with E-state index in [1.165, 1.54) is 0 Å². The molecule has 0 aromatic rings. The monoisotopic (exact) mass is 285 g/mol. The topological polar surface area (TPSA) is 57.6 Å². The van der Waals surface area contributed by atoms with Crippen LogP contribution in [0.5, 0.6) is 0 Å². The van der Waals surface area contributed by atoms with Gasteiger partial charge in [-0.3, -0.25) is 9.59 Å². The molecule has 108 valence electrons. The SMILES string of the molecule is CC(CC(=O)O)C1CCCN(C(=O)C2CCCS2)C1. The molecule has 2 heterocycles. The van der Waals surface area contributed by atoms with Gasteiger partial charge in [-0.15, -0.1) is 11.8 Å². The number of piperidine rings is 1. The van der Waals surface area contributed by atoms with Crippen molar-refractivity contribution < 1.29 is 14.7 Å². The fourth-order valence-corrected chi connectivity index (χ4v) is 4.34. The molecular formula is C14H23NO3S. The third kappa shape index (κ3) is 3.88. The Hall–Kier alpha value is -0.710. The van der Waals surface area contributed by atoms with Crippen molar-refractivity contribution in [1.82, 2.24) is 4.90 Å². The summed E-state index contributed by atoms with van der Waals surface area (Å²) in [4.78, 5) is 25.2. The van der Waals surface area contributed by atoms with E-state index in [1.807, 2.05) is 11.8 Å². The van der Waals surface area contributed by atoms with Crippen LogP contribution in [-0.4, -0.2) is 46.0 Å². The Morgan fingerprint density at radius 2 is 2.16 bits per heavy atom. The molecule has 0 spiro atoms. The first kappa shape index (κ1) is 14.7. The number of hydrogen-bond acceptors (Lipinski definition) is 3. The predicted octanol–water partition coefficient (Wildman–Crippen LogP) is 2.23. The highest BCUT2D eigenvalue weighted by atomic mass is 32.2. The summed E-state index contributed by atoms with van der Waals surface area (Å²) >= 11 is 1.78. The first-order chi connectivity index (χ1) is 9.08. The highest BCUT2D eigenvalue weighted by Crippen LogP contribution is 2.31. The van der Waals surface area contributed by atoms with Gasteiger partial charge in [0.05, 0.1) is 5.25 Å². The van der Waals surface area contributed by atoms with Crippen LogP contribution in [0.3, 0.4) is 0 Å². The summed E-state index contributed by atoms with van der Waals surface area (Å²) in [6, 6.07) is 0. The molecule has 0 aromatic carbocycles. The van der Waals surface area contributed by atoms with E-state index in [1.54, 1.807) is 11.8 Å². The minimum absolute atomic E-state index is 0.157. The van der Waals surface area contributed by atoms with Crippen LogP contribution in [0.4, 0.5) is 0 Å². The molecule has 0 saturated carbocycles. The van der Waals surface area contributed by atoms with E-state index in [9.17, 15) is 9.59 Å². The summed E-state index contributed by atoms with van der Waals surface area (Å²) < 4.78 is 0. The Balaban J connectivity index is 1.89. The molecule has 2 saturated heterocycles. The van der Waals surface area contributed by atoms with Gasteiger partial charge < -0.3 is 10.0 Å². The quantitative estimate of drug-likeness (QED) is 0.860. The lowest BCUT2D eigenvalue weighted by molar-refractivity contribution is -0.138. The second kappa shape index (κ2) is 6.64. The van der Waals surface area contributed by atoms with Crippen LogP contribution in [-0.2, 0) is 9.59 Å². The maximum atomic E-state index is 12.4. The van der Waals surface area contributed by atoms with Crippen molar-refractivity contribution in [3.05, 3.63) is 0 Å². The average Bonchev–Trinajstić information content (AvgIpc) is 2.91. The van der Waals surface area contributed by atoms with Crippen LogP contribution in [0.15, 0.2) is 0 Å². The molecular weight excluding hydrogens is 262 g/mol. The lowest BCUT2D eigenvalue weighted by atomic mass is 9.84. The second-order valence-electron chi connectivity index (χ2n) is 5.76. The van der Waals surface area contributed by atoms with E-state index in [0.717, 1.165) is 44.5 Å². The molecule has 1 N–H and O–H groups in total. The van der Waals surface area contributed by atoms with Crippen LogP contribution in [0, 0.1) is 11.8 Å². The smallest absolute Gasteiger partial charge is 0.303 e. The molecule has 3 atom stereocenters. The van der Waals surface area contributed by atoms with Crippen molar-refractivity contribution in [3.63, 3.8) is 0 Å². The Labute approximate surface area is 118 Å². The molecule has 2 aliphatic heterocycles. The van der Waals surface area contributed by atoms with Gasteiger partial charge >= 0.3 is 5.97 Å². The molecule has 2 aliphatic rings. The van der Waals surface area contributed by atoms with E-state index in [2.05, 4.69) is 0 Å². The van der Waals surface area contributed by atoms with E-state index in [-0.39, 0.29) is 23.5 Å². The molecule has 5 heteroatoms. The fourth-order valence-electron chi connectivity index (χ4n) is 3.09. The van der Waals surface area contributed by atoms with Crippen molar-refractivity contribution in [2.24, 2.45) is 11.8 Å². The number of aliphatic carboxylic acids is 1. The molecule has 2 rings (SSSR count). The van der Waals surface area contributed by atoms with E-state index in [0.29, 0.717) is 5.92 Å². The number of thioether (sulfide) groups is 1. The molecule has 3 unspecified atom stereocenters. The maximum absolute atomic E-state index is 12.4. The number of rotatable bonds is 4. The van der Waals surface area contributed by atoms with Gasteiger partial charge in [0.1, 0.15) is 0 Å². The number of carboxylic acids is 1. The average molecular weight is 285 g/mol. The van der Waals surface area contributed by atoms with Gasteiger partial charge in [0.2, 0.25) is 5.91 Å². The second-order valence-corrected chi connectivity index (χ2v) is 7.07. The van der Waals surface area contributed by atoms with E-state index >= 15 is 0 Å². The Bertz CT molecular complexity index is 342. The van der Waals surface area contributed by atoms with Gasteiger partial charge in [-0.2, -0.15) is 0 Å². The fraction of sp³-hybridized carbons (Fsp3) is 0.857. The van der Waals surface area contributed by atoms with E-state index in [4.69, 9.17) is 5.11 Å². The molecule has 4 nitrogen and oxygen atoms in total. The normalized spacial score (nSPS) is 29.2. The van der Waals surface area contributed by atoms with Gasteiger partial charge in [-0.1, -0.05) is 6.92 Å². The number of carbonyl (C=O) groups is 2. The lowest BCUT2D eigenvalue weighted by Gasteiger charge is -2.36. The minimum Gasteiger partial charge on any atom is -0.481 e. The summed E-state index contributed by atoms with van der Waals surface area (Å²) in [6.45, 7) is 3.60. The molecule has 0 bridgehead atoms. The minimum atomic E-state index is -0.734. The van der Waals surface area contributed by atoms with Crippen LogP contribution < -0.4 is 0 Å². The van der Waals surface area contributed by atoms with Crippen molar-refractivity contribution in [3.8, 4) is 0 Å². The Morgan fingerprint density at radius 3 is 2.79 bits per heavy atom. The number of carboxylic acid groups (broad SMARTS) is 1. The van der Waals surface area contributed by atoms with Gasteiger partial charge in [0, 0.05) is 19.5 Å². The third-order valence-electron chi connectivity index (χ3n) is 4.28. The van der Waals surface area contributed by atoms with Gasteiger partial charge in [-0.05, 0) is 43.3 Å². The number of likely N-dealkylation sites (tertiary alicyclic amines) is 1. The number of carbonyl (C=O) groups excluding carboxylic acids is 1. The van der Waals surface area contributed by atoms with Crippen LogP contribution in [0.25, 0.3) is 0 Å². The van der Waals surface area contributed by atoms with E-state index < -0.39 is 5.97 Å². The standard InChI is InChI=1S/C14H23NO3S/c1-10(8-13(16)17)11-4-2-6-15(9-11)14(18)12-5-3-7-19-12/h10-12H,2-9H2,1H3,(H,16,17). The summed E-state index contributed by atoms with van der Waals surface area (Å²) in [6.07, 6.45) is 4.43. The summed E-state index contributed by atoms with van der Waals surface area (Å²) in [7, 11) is 0. The first-order valence-electron chi connectivity index (χ1n) is 7.20. The number of nitrogens with zero attached hydrogens (tertiary/aromatic N) is 1.